The number of carbonyl (C=O) groups excluding carboxylic acids is 1. The minimum absolute atomic E-state index is 0.143. The van der Waals surface area contributed by atoms with Crippen molar-refractivity contribution in [2.75, 3.05) is 5.84 Å². The first kappa shape index (κ1) is 11.9. The minimum Gasteiger partial charge on any atom is -0.333 e. The molecule has 0 radical (unpaired) electrons. The number of aromatic nitrogens is 3. The van der Waals surface area contributed by atoms with E-state index < -0.39 is 11.7 Å². The van der Waals surface area contributed by atoms with Crippen molar-refractivity contribution in [2.45, 2.75) is 13.3 Å². The maximum atomic E-state index is 11.7. The summed E-state index contributed by atoms with van der Waals surface area (Å²) in [6, 6.07) is 8.90. The number of benzene rings is 1. The maximum Gasteiger partial charge on any atom is 0.399 e. The number of rotatable bonds is 3. The van der Waals surface area contributed by atoms with Gasteiger partial charge in [-0.05, 0) is 4.85 Å². The highest BCUT2D eigenvalue weighted by Crippen LogP contribution is 2.12. The van der Waals surface area contributed by atoms with E-state index in [0.717, 1.165) is 4.68 Å². The Bertz CT molecular complexity index is 615. The Labute approximate surface area is 102 Å². The first-order valence-electron chi connectivity index (χ1n) is 5.37. The van der Waals surface area contributed by atoms with E-state index in [4.69, 9.17) is 10.7 Å². The molecule has 2 N–H and O–H groups in total. The van der Waals surface area contributed by atoms with Gasteiger partial charge in [0.2, 0.25) is 0 Å². The normalized spacial score (nSPS) is 10.3. The molecule has 0 aliphatic heterocycles. The predicted octanol–water partition coefficient (Wildman–Crippen LogP) is -0.209. The fourth-order valence-electron chi connectivity index (χ4n) is 1.36. The second-order valence-corrected chi connectivity index (χ2v) is 3.53. The van der Waals surface area contributed by atoms with Gasteiger partial charge in [0.1, 0.15) is 0 Å². The van der Waals surface area contributed by atoms with Gasteiger partial charge in [0.05, 0.1) is 0 Å². The summed E-state index contributed by atoms with van der Waals surface area (Å²) in [6.45, 7) is 1.62. The van der Waals surface area contributed by atoms with Gasteiger partial charge in [0, 0.05) is 12.0 Å². The molecule has 0 amide bonds. The molecule has 2 rings (SSSR count). The lowest BCUT2D eigenvalue weighted by Gasteiger charge is -1.97. The van der Waals surface area contributed by atoms with Gasteiger partial charge in [-0.1, -0.05) is 37.3 Å². The third kappa shape index (κ3) is 2.10. The van der Waals surface area contributed by atoms with E-state index in [0.29, 0.717) is 10.4 Å². The number of hydrogen-bond acceptors (Lipinski definition) is 5. The molecule has 1 aromatic heterocycles. The van der Waals surface area contributed by atoms with Gasteiger partial charge in [-0.3, -0.25) is 0 Å². The lowest BCUT2D eigenvalue weighted by Crippen LogP contribution is -2.35. The van der Waals surface area contributed by atoms with Gasteiger partial charge < -0.3 is 10.7 Å². The van der Waals surface area contributed by atoms with Gasteiger partial charge in [-0.2, -0.15) is 4.68 Å². The highest BCUT2D eigenvalue weighted by atomic mass is 16.7. The summed E-state index contributed by atoms with van der Waals surface area (Å²) < 4.78 is 0.832. The molecule has 0 spiro atoms. The summed E-state index contributed by atoms with van der Waals surface area (Å²) in [5, 5.41) is 3.87. The molecule has 0 saturated heterocycles. The Morgan fingerprint density at radius 2 is 2.06 bits per heavy atom. The first-order valence-corrected chi connectivity index (χ1v) is 5.37. The van der Waals surface area contributed by atoms with Crippen LogP contribution in [0.2, 0.25) is 0 Å². The fraction of sp³-hybridized carbons (Fsp3) is 0.182. The van der Waals surface area contributed by atoms with Crippen LogP contribution in [0.3, 0.4) is 0 Å². The zero-order chi connectivity index (χ0) is 13.1. The third-order valence-electron chi connectivity index (χ3n) is 2.29. The average Bonchev–Trinajstić information content (AvgIpc) is 2.68. The van der Waals surface area contributed by atoms with E-state index in [1.807, 2.05) is 6.07 Å². The highest BCUT2D eigenvalue weighted by molar-refractivity contribution is 5.69. The third-order valence-corrected chi connectivity index (χ3v) is 2.29. The summed E-state index contributed by atoms with van der Waals surface area (Å²) in [5.41, 5.74) is -0.0564. The summed E-state index contributed by atoms with van der Waals surface area (Å²) in [7, 11) is 0. The maximum absolute atomic E-state index is 11.7. The van der Waals surface area contributed by atoms with Gasteiger partial charge in [-0.25, -0.2) is 9.59 Å². The Hall–Kier alpha value is -2.57. The number of nitrogen functional groups attached to an aromatic ring is 1. The lowest BCUT2D eigenvalue weighted by atomic mass is 10.2. The summed E-state index contributed by atoms with van der Waals surface area (Å²) in [5.74, 6) is 5.25. The Morgan fingerprint density at radius 3 is 2.67 bits per heavy atom. The standard InChI is InChI=1S/C11H12N4O3/c1-2-9(16)18-15-11(17)14(12)10(13-15)8-6-4-3-5-7-8/h3-7H,2,12H2,1H3. The largest absolute Gasteiger partial charge is 0.399 e. The second kappa shape index (κ2) is 4.74. The highest BCUT2D eigenvalue weighted by Gasteiger charge is 2.15. The summed E-state index contributed by atoms with van der Waals surface area (Å²) in [6.07, 6.45) is 0.143. The Kier molecular flexibility index (Phi) is 3.13. The van der Waals surface area contributed by atoms with Gasteiger partial charge in [-0.15, -0.1) is 5.10 Å². The van der Waals surface area contributed by atoms with E-state index in [-0.39, 0.29) is 12.2 Å². The van der Waals surface area contributed by atoms with Crippen LogP contribution in [0, 0.1) is 0 Å². The molecule has 0 unspecified atom stereocenters. The molecule has 1 aromatic carbocycles. The molecule has 7 nitrogen and oxygen atoms in total. The van der Waals surface area contributed by atoms with Crippen LogP contribution in [0.15, 0.2) is 35.1 Å². The van der Waals surface area contributed by atoms with E-state index in [9.17, 15) is 9.59 Å². The van der Waals surface area contributed by atoms with Gasteiger partial charge in [0.25, 0.3) is 0 Å². The number of nitrogens with zero attached hydrogens (tertiary/aromatic N) is 3. The van der Waals surface area contributed by atoms with Crippen molar-refractivity contribution in [3.63, 3.8) is 0 Å². The minimum atomic E-state index is -0.712. The van der Waals surface area contributed by atoms with Crippen molar-refractivity contribution in [1.82, 2.24) is 14.6 Å². The molecule has 0 aliphatic rings. The van der Waals surface area contributed by atoms with Crippen LogP contribution in [0.25, 0.3) is 11.4 Å². The zero-order valence-corrected chi connectivity index (χ0v) is 9.74. The average molecular weight is 248 g/mol. The van der Waals surface area contributed by atoms with Crippen LogP contribution >= 0.6 is 0 Å². The molecule has 0 aliphatic carbocycles. The molecule has 0 fully saturated rings. The molecule has 2 aromatic rings. The molecule has 94 valence electrons. The number of carbonyl (C=O) groups is 1. The molecule has 0 atom stereocenters. The topological polar surface area (TPSA) is 92.1 Å². The van der Waals surface area contributed by atoms with Crippen LogP contribution in [-0.2, 0) is 4.79 Å². The van der Waals surface area contributed by atoms with Crippen molar-refractivity contribution in [2.24, 2.45) is 0 Å². The molecular formula is C11H12N4O3. The second-order valence-electron chi connectivity index (χ2n) is 3.53. The van der Waals surface area contributed by atoms with E-state index in [1.165, 1.54) is 0 Å². The molecule has 1 heterocycles. The van der Waals surface area contributed by atoms with Crippen LogP contribution < -0.4 is 16.4 Å². The molecule has 18 heavy (non-hydrogen) atoms. The van der Waals surface area contributed by atoms with Crippen LogP contribution in [0.5, 0.6) is 0 Å². The molecule has 0 bridgehead atoms. The first-order chi connectivity index (χ1) is 8.63. The van der Waals surface area contributed by atoms with Gasteiger partial charge >= 0.3 is 11.7 Å². The quantitative estimate of drug-likeness (QED) is 0.759. The van der Waals surface area contributed by atoms with Crippen molar-refractivity contribution in [1.29, 1.82) is 0 Å². The SMILES string of the molecule is CCC(=O)On1nc(-c2ccccc2)n(N)c1=O. The van der Waals surface area contributed by atoms with Crippen LogP contribution in [0.1, 0.15) is 13.3 Å². The van der Waals surface area contributed by atoms with E-state index >= 15 is 0 Å². The summed E-state index contributed by atoms with van der Waals surface area (Å²) >= 11 is 0. The Morgan fingerprint density at radius 1 is 1.39 bits per heavy atom. The van der Waals surface area contributed by atoms with E-state index in [1.54, 1.807) is 31.2 Å². The fourth-order valence-corrected chi connectivity index (χ4v) is 1.36. The van der Waals surface area contributed by atoms with Crippen LogP contribution in [0.4, 0.5) is 0 Å². The molecular weight excluding hydrogens is 236 g/mol. The van der Waals surface area contributed by atoms with Crippen molar-refractivity contribution < 1.29 is 9.63 Å². The smallest absolute Gasteiger partial charge is 0.333 e. The van der Waals surface area contributed by atoms with Crippen molar-refractivity contribution in [3.05, 3.63) is 40.8 Å². The van der Waals surface area contributed by atoms with Crippen molar-refractivity contribution >= 4 is 5.97 Å². The summed E-state index contributed by atoms with van der Waals surface area (Å²) in [4.78, 5) is 28.1. The predicted molar refractivity (Wildman–Crippen MR) is 64.0 cm³/mol. The molecule has 0 saturated carbocycles. The number of hydrogen-bond donors (Lipinski definition) is 1. The Balaban J connectivity index is 2.43. The monoisotopic (exact) mass is 248 g/mol. The lowest BCUT2D eigenvalue weighted by molar-refractivity contribution is -0.145. The molecule has 7 heteroatoms. The van der Waals surface area contributed by atoms with Gasteiger partial charge in [0.15, 0.2) is 5.82 Å². The van der Waals surface area contributed by atoms with Crippen LogP contribution in [-0.4, -0.2) is 20.6 Å². The number of nitrogens with two attached hydrogens (primary N) is 1. The van der Waals surface area contributed by atoms with E-state index in [2.05, 4.69) is 5.10 Å². The zero-order valence-electron chi connectivity index (χ0n) is 9.74. The van der Waals surface area contributed by atoms with Crippen molar-refractivity contribution in [3.8, 4) is 11.4 Å².